The Morgan fingerprint density at radius 1 is 1.56 bits per heavy atom. The van der Waals surface area contributed by atoms with E-state index in [2.05, 4.69) is 5.10 Å². The summed E-state index contributed by atoms with van der Waals surface area (Å²) in [5.41, 5.74) is 0.266. The first-order valence-corrected chi connectivity index (χ1v) is 6.76. The molecule has 0 spiro atoms. The zero-order chi connectivity index (χ0) is 12.5. The number of aromatic carboxylic acids is 1. The molecule has 0 aliphatic rings. The lowest BCUT2D eigenvalue weighted by Crippen LogP contribution is -2.12. The lowest BCUT2D eigenvalue weighted by atomic mass is 10.3. The second-order valence-electron chi connectivity index (χ2n) is 3.93. The minimum atomic E-state index is -3.20. The van der Waals surface area contributed by atoms with E-state index in [9.17, 15) is 13.2 Å². The Morgan fingerprint density at radius 2 is 2.12 bits per heavy atom. The first-order valence-electron chi connectivity index (χ1n) is 4.70. The Kier molecular flexibility index (Phi) is 3.37. The van der Waals surface area contributed by atoms with Crippen LogP contribution in [0.15, 0.2) is 6.07 Å². The second kappa shape index (κ2) is 4.25. The van der Waals surface area contributed by atoms with Crippen LogP contribution in [-0.2, 0) is 15.6 Å². The molecule has 0 aromatic carbocycles. The number of hydrogen-bond acceptors (Lipinski definition) is 4. The van der Waals surface area contributed by atoms with Crippen LogP contribution < -0.4 is 0 Å². The standard InChI is InChI=1S/C9H14N2O4S/c1-6(2)11-8(9(12)13)4-7(10-11)5-16(3,14)15/h4,6H,5H2,1-3H3,(H,12,13). The Labute approximate surface area is 93.8 Å². The van der Waals surface area contributed by atoms with E-state index in [4.69, 9.17) is 5.11 Å². The molecule has 0 aliphatic carbocycles. The Bertz CT molecular complexity index is 502. The SMILES string of the molecule is CC(C)n1nc(CS(C)(=O)=O)cc1C(=O)O. The topological polar surface area (TPSA) is 89.3 Å². The summed E-state index contributed by atoms with van der Waals surface area (Å²) in [6.45, 7) is 3.56. The van der Waals surface area contributed by atoms with Crippen molar-refractivity contribution in [2.75, 3.05) is 6.26 Å². The van der Waals surface area contributed by atoms with E-state index in [1.54, 1.807) is 13.8 Å². The molecule has 16 heavy (non-hydrogen) atoms. The van der Waals surface area contributed by atoms with Crippen molar-refractivity contribution >= 4 is 15.8 Å². The Balaban J connectivity index is 3.17. The van der Waals surface area contributed by atoms with Gasteiger partial charge in [0.2, 0.25) is 0 Å². The van der Waals surface area contributed by atoms with Crippen LogP contribution in [0.3, 0.4) is 0 Å². The number of rotatable bonds is 4. The molecule has 0 saturated carbocycles. The van der Waals surface area contributed by atoms with E-state index in [-0.39, 0.29) is 23.2 Å². The van der Waals surface area contributed by atoms with E-state index in [0.717, 1.165) is 6.26 Å². The van der Waals surface area contributed by atoms with Gasteiger partial charge in [-0.25, -0.2) is 13.2 Å². The molecule has 0 amide bonds. The summed E-state index contributed by atoms with van der Waals surface area (Å²) in [6.07, 6.45) is 1.09. The van der Waals surface area contributed by atoms with Gasteiger partial charge in [-0.05, 0) is 19.9 Å². The third-order valence-electron chi connectivity index (χ3n) is 1.90. The van der Waals surface area contributed by atoms with Gasteiger partial charge in [0.05, 0.1) is 11.4 Å². The van der Waals surface area contributed by atoms with Gasteiger partial charge in [0.25, 0.3) is 0 Å². The van der Waals surface area contributed by atoms with Crippen molar-refractivity contribution in [3.05, 3.63) is 17.5 Å². The lowest BCUT2D eigenvalue weighted by Gasteiger charge is -2.07. The van der Waals surface area contributed by atoms with Crippen LogP contribution in [0.1, 0.15) is 36.1 Å². The molecule has 1 rings (SSSR count). The van der Waals surface area contributed by atoms with Gasteiger partial charge >= 0.3 is 5.97 Å². The maximum atomic E-state index is 11.1. The third kappa shape index (κ3) is 3.06. The number of carboxylic acids is 1. The van der Waals surface area contributed by atoms with Crippen molar-refractivity contribution in [1.29, 1.82) is 0 Å². The zero-order valence-corrected chi connectivity index (χ0v) is 10.2. The quantitative estimate of drug-likeness (QED) is 0.845. The van der Waals surface area contributed by atoms with Crippen LogP contribution in [0.5, 0.6) is 0 Å². The molecule has 0 aliphatic heterocycles. The van der Waals surface area contributed by atoms with Crippen LogP contribution in [0, 0.1) is 0 Å². The minimum absolute atomic E-state index is 0.00801. The zero-order valence-electron chi connectivity index (χ0n) is 9.34. The molecule has 0 saturated heterocycles. The highest BCUT2D eigenvalue weighted by Crippen LogP contribution is 2.13. The maximum Gasteiger partial charge on any atom is 0.354 e. The normalized spacial score (nSPS) is 12.0. The van der Waals surface area contributed by atoms with Crippen LogP contribution in [0.4, 0.5) is 0 Å². The van der Waals surface area contributed by atoms with Crippen molar-refractivity contribution < 1.29 is 18.3 Å². The predicted octanol–water partition coefficient (Wildman–Crippen LogP) is 0.707. The van der Waals surface area contributed by atoms with Gasteiger partial charge in [-0.2, -0.15) is 5.10 Å². The number of hydrogen-bond donors (Lipinski definition) is 1. The highest BCUT2D eigenvalue weighted by atomic mass is 32.2. The molecule has 0 fully saturated rings. The van der Waals surface area contributed by atoms with Gasteiger partial charge in [-0.1, -0.05) is 0 Å². The number of carboxylic acid groups (broad SMARTS) is 1. The third-order valence-corrected chi connectivity index (χ3v) is 2.72. The van der Waals surface area contributed by atoms with Crippen molar-refractivity contribution in [3.8, 4) is 0 Å². The summed E-state index contributed by atoms with van der Waals surface area (Å²) >= 11 is 0. The van der Waals surface area contributed by atoms with Crippen LogP contribution in [0.2, 0.25) is 0 Å². The van der Waals surface area contributed by atoms with Gasteiger partial charge in [0.15, 0.2) is 9.84 Å². The monoisotopic (exact) mass is 246 g/mol. The van der Waals surface area contributed by atoms with Gasteiger partial charge in [0, 0.05) is 12.3 Å². The van der Waals surface area contributed by atoms with Gasteiger partial charge < -0.3 is 5.11 Å². The summed E-state index contributed by atoms with van der Waals surface area (Å²) in [5, 5.41) is 12.9. The number of nitrogens with zero attached hydrogens (tertiary/aromatic N) is 2. The maximum absolute atomic E-state index is 11.1. The molecular weight excluding hydrogens is 232 g/mol. The van der Waals surface area contributed by atoms with Crippen LogP contribution in [-0.4, -0.2) is 35.5 Å². The lowest BCUT2D eigenvalue weighted by molar-refractivity contribution is 0.0681. The fraction of sp³-hybridized carbons (Fsp3) is 0.556. The highest BCUT2D eigenvalue weighted by Gasteiger charge is 2.18. The molecule has 0 radical (unpaired) electrons. The molecule has 7 heteroatoms. The van der Waals surface area contributed by atoms with Crippen LogP contribution in [0.25, 0.3) is 0 Å². The molecule has 0 bridgehead atoms. The molecule has 1 N–H and O–H groups in total. The van der Waals surface area contributed by atoms with Crippen molar-refractivity contribution in [2.24, 2.45) is 0 Å². The van der Waals surface area contributed by atoms with Crippen molar-refractivity contribution in [2.45, 2.75) is 25.6 Å². The summed E-state index contributed by atoms with van der Waals surface area (Å²) in [4.78, 5) is 10.9. The summed E-state index contributed by atoms with van der Waals surface area (Å²) in [5.74, 6) is -1.35. The number of carbonyl (C=O) groups is 1. The molecule has 1 aromatic heterocycles. The molecule has 1 aromatic rings. The minimum Gasteiger partial charge on any atom is -0.477 e. The van der Waals surface area contributed by atoms with E-state index >= 15 is 0 Å². The van der Waals surface area contributed by atoms with E-state index < -0.39 is 15.8 Å². The Hall–Kier alpha value is -1.37. The molecule has 1 heterocycles. The van der Waals surface area contributed by atoms with Crippen molar-refractivity contribution in [3.63, 3.8) is 0 Å². The molecule has 0 atom stereocenters. The van der Waals surface area contributed by atoms with E-state index in [1.807, 2.05) is 0 Å². The summed E-state index contributed by atoms with van der Waals surface area (Å²) in [6, 6.07) is 1.17. The largest absolute Gasteiger partial charge is 0.477 e. The smallest absolute Gasteiger partial charge is 0.354 e. The number of sulfone groups is 1. The van der Waals surface area contributed by atoms with Gasteiger partial charge in [-0.15, -0.1) is 0 Å². The first kappa shape index (κ1) is 12.7. The van der Waals surface area contributed by atoms with Gasteiger partial charge in [-0.3, -0.25) is 4.68 Å². The molecule has 90 valence electrons. The highest BCUT2D eigenvalue weighted by molar-refractivity contribution is 7.89. The fourth-order valence-corrected chi connectivity index (χ4v) is 2.02. The van der Waals surface area contributed by atoms with Crippen LogP contribution >= 0.6 is 0 Å². The van der Waals surface area contributed by atoms with E-state index in [0.29, 0.717) is 0 Å². The average molecular weight is 246 g/mol. The Morgan fingerprint density at radius 3 is 2.44 bits per heavy atom. The second-order valence-corrected chi connectivity index (χ2v) is 6.07. The molecule has 0 unspecified atom stereocenters. The summed E-state index contributed by atoms with van der Waals surface area (Å²) < 4.78 is 23.4. The average Bonchev–Trinajstić information content (AvgIpc) is 2.44. The van der Waals surface area contributed by atoms with Gasteiger partial charge in [0.1, 0.15) is 5.69 Å². The molecular formula is C9H14N2O4S. The molecule has 6 nitrogen and oxygen atoms in total. The fourth-order valence-electron chi connectivity index (χ4n) is 1.34. The first-order chi connectivity index (χ1) is 7.20. The predicted molar refractivity (Wildman–Crippen MR) is 58.1 cm³/mol. The number of aromatic nitrogens is 2. The van der Waals surface area contributed by atoms with E-state index in [1.165, 1.54) is 10.7 Å². The summed E-state index contributed by atoms with van der Waals surface area (Å²) in [7, 11) is -3.20. The van der Waals surface area contributed by atoms with Crippen molar-refractivity contribution in [1.82, 2.24) is 9.78 Å².